The van der Waals surface area contributed by atoms with Gasteiger partial charge in [0.2, 0.25) is 5.91 Å². The van der Waals surface area contributed by atoms with E-state index in [1.807, 2.05) is 30.3 Å². The number of amides is 1. The Hall–Kier alpha value is -2.95. The van der Waals surface area contributed by atoms with Crippen LogP contribution in [0.4, 0.5) is 4.39 Å². The van der Waals surface area contributed by atoms with Gasteiger partial charge in [0, 0.05) is 11.6 Å². The van der Waals surface area contributed by atoms with E-state index in [-0.39, 0.29) is 18.1 Å². The highest BCUT2D eigenvalue weighted by Crippen LogP contribution is 2.18. The third kappa shape index (κ3) is 4.07. The molecule has 0 saturated heterocycles. The molecule has 122 valence electrons. The Balaban J connectivity index is 1.46. The maximum Gasteiger partial charge on any atom is 0.224 e. The van der Waals surface area contributed by atoms with E-state index in [1.165, 1.54) is 6.07 Å². The summed E-state index contributed by atoms with van der Waals surface area (Å²) in [6.45, 7) is 0.702. The molecule has 0 aliphatic rings. The average molecular weight is 324 g/mol. The summed E-state index contributed by atoms with van der Waals surface area (Å²) in [4.78, 5) is 16.1. The average Bonchev–Trinajstić information content (AvgIpc) is 2.60. The number of pyridine rings is 1. The summed E-state index contributed by atoms with van der Waals surface area (Å²) in [6.07, 6.45) is 1.77. The van der Waals surface area contributed by atoms with Crippen LogP contribution in [0.5, 0.6) is 5.75 Å². The van der Waals surface area contributed by atoms with Crippen LogP contribution in [-0.4, -0.2) is 24.0 Å². The van der Waals surface area contributed by atoms with E-state index < -0.39 is 0 Å². The van der Waals surface area contributed by atoms with Crippen LogP contribution in [0, 0.1) is 5.82 Å². The van der Waals surface area contributed by atoms with Crippen LogP contribution in [0.15, 0.2) is 60.8 Å². The van der Waals surface area contributed by atoms with Gasteiger partial charge in [-0.05, 0) is 35.9 Å². The summed E-state index contributed by atoms with van der Waals surface area (Å²) in [7, 11) is 0. The summed E-state index contributed by atoms with van der Waals surface area (Å²) in [5.74, 6) is 0.124. The Morgan fingerprint density at radius 2 is 2.00 bits per heavy atom. The van der Waals surface area contributed by atoms with Crippen molar-refractivity contribution in [3.63, 3.8) is 0 Å². The van der Waals surface area contributed by atoms with Gasteiger partial charge in [-0.25, -0.2) is 4.39 Å². The molecule has 0 aliphatic carbocycles. The van der Waals surface area contributed by atoms with Gasteiger partial charge in [0.25, 0.3) is 0 Å². The quantitative estimate of drug-likeness (QED) is 0.709. The second kappa shape index (κ2) is 7.55. The molecule has 0 saturated carbocycles. The third-order valence-corrected chi connectivity index (χ3v) is 3.58. The highest BCUT2D eigenvalue weighted by atomic mass is 19.1. The summed E-state index contributed by atoms with van der Waals surface area (Å²) >= 11 is 0. The first-order valence-corrected chi connectivity index (χ1v) is 7.70. The Bertz CT molecular complexity index is 851. The lowest BCUT2D eigenvalue weighted by Gasteiger charge is -2.09. The van der Waals surface area contributed by atoms with E-state index in [0.29, 0.717) is 18.7 Å². The summed E-state index contributed by atoms with van der Waals surface area (Å²) in [5, 5.41) is 3.72. The van der Waals surface area contributed by atoms with Crippen LogP contribution in [-0.2, 0) is 11.2 Å². The van der Waals surface area contributed by atoms with Gasteiger partial charge in [-0.2, -0.15) is 0 Å². The smallest absolute Gasteiger partial charge is 0.224 e. The molecule has 1 heterocycles. The number of carbonyl (C=O) groups is 1. The minimum absolute atomic E-state index is 0.0221. The molecule has 1 aromatic heterocycles. The van der Waals surface area contributed by atoms with Gasteiger partial charge in [-0.1, -0.05) is 24.3 Å². The van der Waals surface area contributed by atoms with E-state index in [4.69, 9.17) is 4.74 Å². The number of aromatic nitrogens is 1. The van der Waals surface area contributed by atoms with Gasteiger partial charge in [0.1, 0.15) is 18.2 Å². The zero-order valence-electron chi connectivity index (χ0n) is 13.0. The van der Waals surface area contributed by atoms with Gasteiger partial charge in [-0.3, -0.25) is 9.78 Å². The summed E-state index contributed by atoms with van der Waals surface area (Å²) in [5.41, 5.74) is 1.29. The number of ether oxygens (including phenoxy) is 1. The number of nitrogens with zero attached hydrogens (tertiary/aromatic N) is 1. The first-order chi connectivity index (χ1) is 11.7. The molecule has 5 heteroatoms. The Morgan fingerprint density at radius 3 is 2.88 bits per heavy atom. The van der Waals surface area contributed by atoms with Gasteiger partial charge in [0.05, 0.1) is 18.5 Å². The highest BCUT2D eigenvalue weighted by Gasteiger charge is 2.07. The van der Waals surface area contributed by atoms with E-state index in [9.17, 15) is 9.18 Å². The summed E-state index contributed by atoms with van der Waals surface area (Å²) in [6, 6.07) is 15.7. The molecule has 3 aromatic rings. The zero-order chi connectivity index (χ0) is 16.8. The van der Waals surface area contributed by atoms with Crippen LogP contribution in [0.3, 0.4) is 0 Å². The topological polar surface area (TPSA) is 51.2 Å². The maximum absolute atomic E-state index is 13.5. The molecule has 1 amide bonds. The molecule has 0 bridgehead atoms. The molecule has 2 aromatic carbocycles. The van der Waals surface area contributed by atoms with Crippen molar-refractivity contribution >= 4 is 16.8 Å². The van der Waals surface area contributed by atoms with Crippen molar-refractivity contribution in [1.29, 1.82) is 0 Å². The Labute approximate surface area is 139 Å². The normalized spacial score (nSPS) is 10.5. The minimum Gasteiger partial charge on any atom is -0.492 e. The molecule has 3 rings (SSSR count). The van der Waals surface area contributed by atoms with Crippen LogP contribution in [0.25, 0.3) is 10.9 Å². The molecule has 1 N–H and O–H groups in total. The molecule has 0 radical (unpaired) electrons. The number of halogens is 1. The van der Waals surface area contributed by atoms with Crippen molar-refractivity contribution in [2.45, 2.75) is 6.42 Å². The van der Waals surface area contributed by atoms with Crippen molar-refractivity contribution in [2.24, 2.45) is 0 Å². The lowest BCUT2D eigenvalue weighted by atomic mass is 10.1. The molecule has 0 fully saturated rings. The molecule has 0 spiro atoms. The molecule has 4 nitrogen and oxygen atoms in total. The SMILES string of the molecule is O=C(Cc1ccccc1F)NCCOc1ccc2ncccc2c1. The second-order valence-electron chi connectivity index (χ2n) is 5.32. The van der Waals surface area contributed by atoms with Gasteiger partial charge < -0.3 is 10.1 Å². The van der Waals surface area contributed by atoms with Crippen LogP contribution in [0.1, 0.15) is 5.56 Å². The molecule has 0 atom stereocenters. The number of benzene rings is 2. The van der Waals surface area contributed by atoms with E-state index >= 15 is 0 Å². The maximum atomic E-state index is 13.5. The van der Waals surface area contributed by atoms with Crippen LogP contribution >= 0.6 is 0 Å². The first kappa shape index (κ1) is 15.9. The van der Waals surface area contributed by atoms with Crippen molar-refractivity contribution in [3.05, 3.63) is 72.2 Å². The zero-order valence-corrected chi connectivity index (χ0v) is 13.0. The fraction of sp³-hybridized carbons (Fsp3) is 0.158. The number of nitrogens with one attached hydrogen (secondary N) is 1. The third-order valence-electron chi connectivity index (χ3n) is 3.58. The lowest BCUT2D eigenvalue weighted by Crippen LogP contribution is -2.29. The largest absolute Gasteiger partial charge is 0.492 e. The van der Waals surface area contributed by atoms with Gasteiger partial charge >= 0.3 is 0 Å². The van der Waals surface area contributed by atoms with Crippen molar-refractivity contribution in [2.75, 3.05) is 13.2 Å². The van der Waals surface area contributed by atoms with E-state index in [1.54, 1.807) is 24.4 Å². The Morgan fingerprint density at radius 1 is 1.12 bits per heavy atom. The van der Waals surface area contributed by atoms with Crippen molar-refractivity contribution in [1.82, 2.24) is 10.3 Å². The van der Waals surface area contributed by atoms with E-state index in [2.05, 4.69) is 10.3 Å². The van der Waals surface area contributed by atoms with Crippen molar-refractivity contribution in [3.8, 4) is 5.75 Å². The lowest BCUT2D eigenvalue weighted by molar-refractivity contribution is -0.120. The second-order valence-corrected chi connectivity index (χ2v) is 5.32. The number of hydrogen-bond acceptors (Lipinski definition) is 3. The number of carbonyl (C=O) groups excluding carboxylic acids is 1. The number of fused-ring (bicyclic) bond motifs is 1. The first-order valence-electron chi connectivity index (χ1n) is 7.70. The van der Waals surface area contributed by atoms with Crippen molar-refractivity contribution < 1.29 is 13.9 Å². The van der Waals surface area contributed by atoms with Crippen LogP contribution in [0.2, 0.25) is 0 Å². The standard InChI is InChI=1S/C19H17FN2O2/c20-17-6-2-1-4-14(17)13-19(23)22-10-11-24-16-7-8-18-15(12-16)5-3-9-21-18/h1-9,12H,10-11,13H2,(H,22,23). The fourth-order valence-corrected chi connectivity index (χ4v) is 2.38. The number of rotatable bonds is 6. The predicted molar refractivity (Wildman–Crippen MR) is 90.4 cm³/mol. The van der Waals surface area contributed by atoms with Crippen LogP contribution < -0.4 is 10.1 Å². The van der Waals surface area contributed by atoms with Gasteiger partial charge in [-0.15, -0.1) is 0 Å². The van der Waals surface area contributed by atoms with E-state index in [0.717, 1.165) is 16.7 Å². The van der Waals surface area contributed by atoms with Gasteiger partial charge in [0.15, 0.2) is 0 Å². The predicted octanol–water partition coefficient (Wildman–Crippen LogP) is 3.11. The molecule has 0 unspecified atom stereocenters. The number of hydrogen-bond donors (Lipinski definition) is 1. The molecule has 0 aliphatic heterocycles. The fourth-order valence-electron chi connectivity index (χ4n) is 2.38. The monoisotopic (exact) mass is 324 g/mol. The molecular formula is C19H17FN2O2. The summed E-state index contributed by atoms with van der Waals surface area (Å²) < 4.78 is 19.1. The molecular weight excluding hydrogens is 307 g/mol. The Kier molecular flexibility index (Phi) is 5.01. The highest BCUT2D eigenvalue weighted by molar-refractivity contribution is 5.80. The minimum atomic E-state index is -0.367. The molecule has 24 heavy (non-hydrogen) atoms.